The fourth-order valence-electron chi connectivity index (χ4n) is 2.31. The molecule has 0 saturated carbocycles. The summed E-state index contributed by atoms with van der Waals surface area (Å²) in [5, 5.41) is 10.6. The van der Waals surface area contributed by atoms with Gasteiger partial charge >= 0.3 is 0 Å². The number of alkyl halides is 1. The van der Waals surface area contributed by atoms with Crippen LogP contribution >= 0.6 is 11.6 Å². The Kier molecular flexibility index (Phi) is 4.01. The summed E-state index contributed by atoms with van der Waals surface area (Å²) in [6.45, 7) is 4.54. The molecule has 20 heavy (non-hydrogen) atoms. The molecule has 0 aromatic carbocycles. The maximum Gasteiger partial charge on any atom is 0.287 e. The summed E-state index contributed by atoms with van der Waals surface area (Å²) in [6.07, 6.45) is 0.965. The van der Waals surface area contributed by atoms with E-state index in [-0.39, 0.29) is 29.3 Å². The number of nitrogens with zero attached hydrogens (tertiary/aromatic N) is 2. The lowest BCUT2D eigenvalue weighted by molar-refractivity contribution is -0.384. The number of halogens is 1. The Morgan fingerprint density at radius 3 is 2.95 bits per heavy atom. The molecule has 1 fully saturated rings. The number of aromatic nitrogens is 1. The highest BCUT2D eigenvalue weighted by Gasteiger charge is 2.36. The van der Waals surface area contributed by atoms with Gasteiger partial charge in [-0.25, -0.2) is 0 Å². The third-order valence-corrected chi connectivity index (χ3v) is 3.39. The summed E-state index contributed by atoms with van der Waals surface area (Å²) in [7, 11) is 0. The van der Waals surface area contributed by atoms with Crippen molar-refractivity contribution in [2.75, 3.05) is 19.0 Å². The van der Waals surface area contributed by atoms with Crippen LogP contribution in [0.3, 0.4) is 0 Å². The maximum atomic E-state index is 12.4. The number of rotatable bonds is 3. The largest absolute Gasteiger partial charge is 0.367 e. The lowest BCUT2D eigenvalue weighted by Gasteiger charge is -2.42. The Morgan fingerprint density at radius 2 is 2.40 bits per heavy atom. The number of H-pyrrole nitrogens is 1. The van der Waals surface area contributed by atoms with Gasteiger partial charge in [0.1, 0.15) is 5.69 Å². The van der Waals surface area contributed by atoms with Crippen molar-refractivity contribution in [3.63, 3.8) is 0 Å². The van der Waals surface area contributed by atoms with Crippen molar-refractivity contribution in [1.82, 2.24) is 9.88 Å². The Morgan fingerprint density at radius 1 is 1.70 bits per heavy atom. The number of carbonyl (C=O) groups is 1. The van der Waals surface area contributed by atoms with Crippen LogP contribution in [0.15, 0.2) is 12.3 Å². The third kappa shape index (κ3) is 3.10. The summed E-state index contributed by atoms with van der Waals surface area (Å²) in [5.41, 5.74) is -0.427. The van der Waals surface area contributed by atoms with Crippen LogP contribution in [-0.4, -0.2) is 51.4 Å². The Hall–Kier alpha value is -1.60. The second-order valence-electron chi connectivity index (χ2n) is 5.37. The lowest BCUT2D eigenvalue weighted by atomic mass is 10.1. The molecule has 1 N–H and O–H groups in total. The Balaban J connectivity index is 2.16. The summed E-state index contributed by atoms with van der Waals surface area (Å²) >= 11 is 5.81. The van der Waals surface area contributed by atoms with Crippen molar-refractivity contribution in [3.05, 3.63) is 28.1 Å². The van der Waals surface area contributed by atoms with Gasteiger partial charge in [0.05, 0.1) is 28.7 Å². The predicted molar refractivity (Wildman–Crippen MR) is 73.0 cm³/mol. The first-order valence-corrected chi connectivity index (χ1v) is 6.72. The fourth-order valence-corrected chi connectivity index (χ4v) is 2.47. The number of aromatic amines is 1. The molecular weight excluding hydrogens is 286 g/mol. The molecular formula is C12H16ClN3O4. The van der Waals surface area contributed by atoms with Crippen molar-refractivity contribution in [2.45, 2.75) is 25.6 Å². The van der Waals surface area contributed by atoms with Crippen LogP contribution in [-0.2, 0) is 4.74 Å². The van der Waals surface area contributed by atoms with Gasteiger partial charge in [0.15, 0.2) is 0 Å². The minimum atomic E-state index is -0.544. The first kappa shape index (κ1) is 14.8. The van der Waals surface area contributed by atoms with E-state index in [1.807, 2.05) is 13.8 Å². The number of nitro groups is 1. The quantitative estimate of drug-likeness (QED) is 0.523. The van der Waals surface area contributed by atoms with E-state index in [0.29, 0.717) is 13.1 Å². The van der Waals surface area contributed by atoms with Crippen LogP contribution in [0.4, 0.5) is 5.69 Å². The topological polar surface area (TPSA) is 88.5 Å². The molecule has 7 nitrogen and oxygen atoms in total. The molecule has 0 bridgehead atoms. The SMILES string of the molecule is CC1(C)CN(C(=O)c2cc([N+](=O)[O-])c[nH]2)CC(CCl)O1. The first-order valence-electron chi connectivity index (χ1n) is 6.18. The van der Waals surface area contributed by atoms with E-state index in [9.17, 15) is 14.9 Å². The molecule has 2 heterocycles. The second kappa shape index (κ2) is 5.41. The number of morpholine rings is 1. The zero-order valence-electron chi connectivity index (χ0n) is 11.3. The molecule has 1 aromatic rings. The van der Waals surface area contributed by atoms with Gasteiger partial charge in [-0.1, -0.05) is 0 Å². The van der Waals surface area contributed by atoms with Crippen LogP contribution in [0.2, 0.25) is 0 Å². The molecule has 110 valence electrons. The van der Waals surface area contributed by atoms with Crippen LogP contribution in [0, 0.1) is 10.1 Å². The number of hydrogen-bond donors (Lipinski definition) is 1. The number of ether oxygens (including phenoxy) is 1. The molecule has 1 aromatic heterocycles. The zero-order chi connectivity index (χ0) is 14.9. The van der Waals surface area contributed by atoms with Crippen molar-refractivity contribution >= 4 is 23.2 Å². The van der Waals surface area contributed by atoms with Gasteiger partial charge in [-0.3, -0.25) is 14.9 Å². The molecule has 0 aliphatic carbocycles. The van der Waals surface area contributed by atoms with Crippen molar-refractivity contribution in [1.29, 1.82) is 0 Å². The molecule has 1 amide bonds. The van der Waals surface area contributed by atoms with Crippen LogP contribution in [0.5, 0.6) is 0 Å². The van der Waals surface area contributed by atoms with Gasteiger partial charge in [0.2, 0.25) is 0 Å². The highest BCUT2D eigenvalue weighted by atomic mass is 35.5. The Bertz CT molecular complexity index is 529. The molecule has 0 spiro atoms. The average molecular weight is 302 g/mol. The number of hydrogen-bond acceptors (Lipinski definition) is 4. The van der Waals surface area contributed by atoms with Gasteiger partial charge in [-0.2, -0.15) is 0 Å². The summed E-state index contributed by atoms with van der Waals surface area (Å²) < 4.78 is 5.74. The third-order valence-electron chi connectivity index (χ3n) is 3.05. The monoisotopic (exact) mass is 301 g/mol. The number of carbonyl (C=O) groups excluding carboxylic acids is 1. The lowest BCUT2D eigenvalue weighted by Crippen LogP contribution is -2.55. The number of amides is 1. The van der Waals surface area contributed by atoms with Gasteiger partial charge in [-0.15, -0.1) is 11.6 Å². The van der Waals surface area contributed by atoms with Crippen LogP contribution in [0.1, 0.15) is 24.3 Å². The minimum absolute atomic E-state index is 0.130. The van der Waals surface area contributed by atoms with E-state index < -0.39 is 10.5 Å². The molecule has 1 atom stereocenters. The van der Waals surface area contributed by atoms with Gasteiger partial charge < -0.3 is 14.6 Å². The molecule has 1 saturated heterocycles. The minimum Gasteiger partial charge on any atom is -0.367 e. The van der Waals surface area contributed by atoms with Crippen molar-refractivity contribution < 1.29 is 14.5 Å². The summed E-state index contributed by atoms with van der Waals surface area (Å²) in [6, 6.07) is 1.24. The average Bonchev–Trinajstić information content (AvgIpc) is 2.85. The van der Waals surface area contributed by atoms with E-state index in [1.165, 1.54) is 12.3 Å². The second-order valence-corrected chi connectivity index (χ2v) is 5.68. The molecule has 1 aliphatic rings. The standard InChI is InChI=1S/C12H16ClN3O4/c1-12(2)7-15(6-9(4-13)20-12)11(17)10-3-8(5-14-10)16(18)19/h3,5,9,14H,4,6-7H2,1-2H3. The van der Waals surface area contributed by atoms with Gasteiger partial charge in [0, 0.05) is 19.2 Å². The van der Waals surface area contributed by atoms with Gasteiger partial charge in [-0.05, 0) is 13.8 Å². The first-order chi connectivity index (χ1) is 9.32. The molecule has 8 heteroatoms. The highest BCUT2D eigenvalue weighted by molar-refractivity contribution is 6.18. The smallest absolute Gasteiger partial charge is 0.287 e. The van der Waals surface area contributed by atoms with Crippen molar-refractivity contribution in [3.8, 4) is 0 Å². The normalized spacial score (nSPS) is 21.8. The van der Waals surface area contributed by atoms with Crippen LogP contribution < -0.4 is 0 Å². The van der Waals surface area contributed by atoms with E-state index >= 15 is 0 Å². The van der Waals surface area contributed by atoms with E-state index in [1.54, 1.807) is 4.90 Å². The van der Waals surface area contributed by atoms with E-state index in [4.69, 9.17) is 16.3 Å². The molecule has 2 rings (SSSR count). The van der Waals surface area contributed by atoms with Crippen LogP contribution in [0.25, 0.3) is 0 Å². The highest BCUT2D eigenvalue weighted by Crippen LogP contribution is 2.23. The van der Waals surface area contributed by atoms with Crippen molar-refractivity contribution in [2.24, 2.45) is 0 Å². The zero-order valence-corrected chi connectivity index (χ0v) is 12.0. The maximum absolute atomic E-state index is 12.4. The summed E-state index contributed by atoms with van der Waals surface area (Å²) in [5.74, 6) is 0.00235. The fraction of sp³-hybridized carbons (Fsp3) is 0.583. The van der Waals surface area contributed by atoms with Gasteiger partial charge in [0.25, 0.3) is 11.6 Å². The van der Waals surface area contributed by atoms with E-state index in [0.717, 1.165) is 0 Å². The molecule has 1 unspecified atom stereocenters. The molecule has 1 aliphatic heterocycles. The van der Waals surface area contributed by atoms with E-state index in [2.05, 4.69) is 4.98 Å². The number of nitrogens with one attached hydrogen (secondary N) is 1. The Labute approximate surface area is 121 Å². The predicted octanol–water partition coefficient (Wildman–Crippen LogP) is 1.78. The summed E-state index contributed by atoms with van der Waals surface area (Å²) in [4.78, 5) is 26.7. The molecule has 0 radical (unpaired) electrons.